The van der Waals surface area contributed by atoms with Crippen LogP contribution >= 0.6 is 11.6 Å². The largest absolute Gasteiger partial charge is 0.276 e. The van der Waals surface area contributed by atoms with Crippen molar-refractivity contribution >= 4 is 36.5 Å². The van der Waals surface area contributed by atoms with Crippen LogP contribution in [0.25, 0.3) is 0 Å². The molecule has 0 bridgehead atoms. The van der Waals surface area contributed by atoms with E-state index >= 15 is 0 Å². The first kappa shape index (κ1) is 18.4. The van der Waals surface area contributed by atoms with Crippen LogP contribution in [0.15, 0.2) is 21.9 Å². The lowest BCUT2D eigenvalue weighted by Gasteiger charge is -2.23. The van der Waals surface area contributed by atoms with Crippen LogP contribution in [0.4, 0.5) is 0 Å². The summed E-state index contributed by atoms with van der Waals surface area (Å²) in [6.07, 6.45) is 4.61. The second-order valence-electron chi connectivity index (χ2n) is 5.96. The summed E-state index contributed by atoms with van der Waals surface area (Å²) in [4.78, 5) is 10.9. The van der Waals surface area contributed by atoms with Gasteiger partial charge < -0.3 is 0 Å². The fourth-order valence-electron chi connectivity index (χ4n) is 2.94. The van der Waals surface area contributed by atoms with Gasteiger partial charge in [-0.2, -0.15) is 0 Å². The first-order valence-corrected chi connectivity index (χ1v) is 11.1. The third-order valence-electron chi connectivity index (χ3n) is 4.20. The summed E-state index contributed by atoms with van der Waals surface area (Å²) >= 11 is 5.46. The monoisotopic (exact) mass is 378 g/mol. The number of hydrogen-bond donors (Lipinski definition) is 0. The third-order valence-corrected chi connectivity index (χ3v) is 7.97. The van der Waals surface area contributed by atoms with Crippen molar-refractivity contribution in [3.63, 3.8) is 0 Å². The van der Waals surface area contributed by atoms with E-state index in [9.17, 15) is 21.6 Å². The maximum atomic E-state index is 12.9. The van der Waals surface area contributed by atoms with Crippen LogP contribution in [0, 0.1) is 6.92 Å². The normalized spacial score (nSPS) is 17.2. The van der Waals surface area contributed by atoms with Crippen molar-refractivity contribution in [2.24, 2.45) is 0 Å². The highest BCUT2D eigenvalue weighted by atomic mass is 35.5. The molecule has 0 atom stereocenters. The van der Waals surface area contributed by atoms with Gasteiger partial charge >= 0.3 is 0 Å². The van der Waals surface area contributed by atoms with Crippen molar-refractivity contribution in [1.29, 1.82) is 0 Å². The van der Waals surface area contributed by atoms with E-state index in [1.807, 2.05) is 0 Å². The van der Waals surface area contributed by atoms with E-state index < -0.39 is 30.2 Å². The molecule has 0 unspecified atom stereocenters. The number of sulfone groups is 2. The van der Waals surface area contributed by atoms with Crippen LogP contribution in [-0.2, 0) is 19.7 Å². The molecule has 1 aliphatic rings. The summed E-state index contributed by atoms with van der Waals surface area (Å²) in [7, 11) is -7.59. The van der Waals surface area contributed by atoms with Crippen LogP contribution < -0.4 is 0 Å². The van der Waals surface area contributed by atoms with Crippen molar-refractivity contribution < 1.29 is 21.6 Å². The van der Waals surface area contributed by atoms with Gasteiger partial charge in [-0.15, -0.1) is 0 Å². The molecule has 0 spiro atoms. The quantitative estimate of drug-likeness (QED) is 0.752. The van der Waals surface area contributed by atoms with Crippen LogP contribution in [0.1, 0.15) is 48.0 Å². The summed E-state index contributed by atoms with van der Waals surface area (Å²) < 4.78 is 49.9. The van der Waals surface area contributed by atoms with Crippen molar-refractivity contribution in [3.8, 4) is 0 Å². The zero-order valence-corrected chi connectivity index (χ0v) is 15.4. The van der Waals surface area contributed by atoms with Gasteiger partial charge in [0.25, 0.3) is 5.24 Å². The molecule has 1 aromatic rings. The van der Waals surface area contributed by atoms with E-state index in [-0.39, 0.29) is 15.4 Å². The Kier molecular flexibility index (Phi) is 5.23. The van der Waals surface area contributed by atoms with E-state index in [4.69, 9.17) is 11.6 Å². The smallest absolute Gasteiger partial charge is 0.252 e. The molecular weight excluding hydrogens is 360 g/mol. The topological polar surface area (TPSA) is 85.3 Å². The lowest BCUT2D eigenvalue weighted by Crippen LogP contribution is -2.26. The van der Waals surface area contributed by atoms with Crippen molar-refractivity contribution in [3.05, 3.63) is 23.3 Å². The molecule has 0 radical (unpaired) electrons. The van der Waals surface area contributed by atoms with E-state index in [0.717, 1.165) is 31.6 Å². The molecular formula is C15H19ClO5S2. The highest BCUT2D eigenvalue weighted by molar-refractivity contribution is 7.94. The predicted molar refractivity (Wildman–Crippen MR) is 88.5 cm³/mol. The molecule has 0 amide bonds. The molecule has 1 aliphatic carbocycles. The molecule has 0 heterocycles. The van der Waals surface area contributed by atoms with Gasteiger partial charge in [0.2, 0.25) is 0 Å². The molecule has 1 fully saturated rings. The molecule has 0 aliphatic heterocycles. The molecule has 8 heteroatoms. The first-order valence-electron chi connectivity index (χ1n) is 7.33. The number of carbonyl (C=O) groups is 1. The lowest BCUT2D eigenvalue weighted by molar-refractivity contribution is 0.108. The second-order valence-corrected chi connectivity index (χ2v) is 10.5. The predicted octanol–water partition coefficient (Wildman–Crippen LogP) is 2.88. The molecule has 0 N–H and O–H groups in total. The summed E-state index contributed by atoms with van der Waals surface area (Å²) in [5, 5.41) is -1.39. The number of rotatable bonds is 4. The van der Waals surface area contributed by atoms with Gasteiger partial charge in [-0.1, -0.05) is 19.3 Å². The fourth-order valence-corrected chi connectivity index (χ4v) is 6.70. The van der Waals surface area contributed by atoms with Gasteiger partial charge in [0, 0.05) is 11.8 Å². The standard InChI is InChI=1S/C15H19ClO5S2/c1-10-8-14(23(20,21)11-6-4-3-5-7-11)13(22(2,18)19)9-12(10)15(16)17/h8-9,11H,3-7H2,1-2H3. The van der Waals surface area contributed by atoms with Crippen molar-refractivity contribution in [1.82, 2.24) is 0 Å². The maximum absolute atomic E-state index is 12.9. The molecule has 5 nitrogen and oxygen atoms in total. The molecule has 1 aromatic carbocycles. The zero-order valence-electron chi connectivity index (χ0n) is 13.0. The minimum atomic E-state index is -3.82. The summed E-state index contributed by atoms with van der Waals surface area (Å²) in [5.74, 6) is 0. The van der Waals surface area contributed by atoms with Gasteiger partial charge in [-0.05, 0) is 49.1 Å². The lowest BCUT2D eigenvalue weighted by atomic mass is 10.0. The highest BCUT2D eigenvalue weighted by Crippen LogP contribution is 2.33. The Labute approximate surface area is 141 Å². The Hall–Kier alpha value is -0.920. The van der Waals surface area contributed by atoms with E-state index in [0.29, 0.717) is 18.4 Å². The van der Waals surface area contributed by atoms with Crippen molar-refractivity contribution in [2.75, 3.05) is 6.26 Å². The van der Waals surface area contributed by atoms with Gasteiger partial charge in [0.15, 0.2) is 19.7 Å². The van der Waals surface area contributed by atoms with Gasteiger partial charge in [0.05, 0.1) is 15.0 Å². The minimum absolute atomic E-state index is 0.00897. The molecule has 1 saturated carbocycles. The number of hydrogen-bond acceptors (Lipinski definition) is 5. The van der Waals surface area contributed by atoms with Crippen LogP contribution in [0.2, 0.25) is 0 Å². The number of carbonyl (C=O) groups excluding carboxylic acids is 1. The highest BCUT2D eigenvalue weighted by Gasteiger charge is 2.33. The first-order chi connectivity index (χ1) is 10.5. The Bertz CT molecular complexity index is 835. The number of halogens is 1. The Balaban J connectivity index is 2.70. The minimum Gasteiger partial charge on any atom is -0.276 e. The van der Waals surface area contributed by atoms with Crippen molar-refractivity contribution in [2.45, 2.75) is 54.1 Å². The number of benzene rings is 1. The van der Waals surface area contributed by atoms with Crippen LogP contribution in [-0.4, -0.2) is 33.6 Å². The molecule has 0 saturated heterocycles. The third kappa shape index (κ3) is 3.78. The average Bonchev–Trinajstić information content (AvgIpc) is 2.46. The van der Waals surface area contributed by atoms with Gasteiger partial charge in [-0.25, -0.2) is 16.8 Å². The second kappa shape index (κ2) is 6.53. The average molecular weight is 379 g/mol. The molecule has 23 heavy (non-hydrogen) atoms. The Morgan fingerprint density at radius 3 is 2.09 bits per heavy atom. The van der Waals surface area contributed by atoms with Crippen LogP contribution in [0.3, 0.4) is 0 Å². The van der Waals surface area contributed by atoms with Crippen LogP contribution in [0.5, 0.6) is 0 Å². The summed E-state index contributed by atoms with van der Waals surface area (Å²) in [6.45, 7) is 1.54. The Morgan fingerprint density at radius 2 is 1.61 bits per heavy atom. The fraction of sp³-hybridized carbons (Fsp3) is 0.533. The van der Waals surface area contributed by atoms with E-state index in [1.165, 1.54) is 6.07 Å². The van der Waals surface area contributed by atoms with Gasteiger partial charge in [-0.3, -0.25) is 4.79 Å². The molecule has 128 valence electrons. The van der Waals surface area contributed by atoms with E-state index in [2.05, 4.69) is 0 Å². The number of aryl methyl sites for hydroxylation is 1. The summed E-state index contributed by atoms with van der Waals surface area (Å²) in [6, 6.07) is 2.34. The Morgan fingerprint density at radius 1 is 1.04 bits per heavy atom. The SMILES string of the molecule is Cc1cc(S(=O)(=O)C2CCCCC2)c(S(C)(=O)=O)cc1C(=O)Cl. The molecule has 2 rings (SSSR count). The maximum Gasteiger partial charge on any atom is 0.252 e. The van der Waals surface area contributed by atoms with E-state index in [1.54, 1.807) is 6.92 Å². The van der Waals surface area contributed by atoms with Gasteiger partial charge in [0.1, 0.15) is 0 Å². The summed E-state index contributed by atoms with van der Waals surface area (Å²) in [5.41, 5.74) is 0.362. The zero-order chi connectivity index (χ0) is 17.4. The molecule has 0 aromatic heterocycles.